The van der Waals surface area contributed by atoms with Crippen LogP contribution in [0.3, 0.4) is 0 Å². The molecule has 0 amide bonds. The summed E-state index contributed by atoms with van der Waals surface area (Å²) in [6, 6.07) is 39.2. The first kappa shape index (κ1) is 20.3. The van der Waals surface area contributed by atoms with Gasteiger partial charge in [-0.15, -0.1) is 0 Å². The largest absolute Gasteiger partial charge is 1.00 e. The molecular weight excluding hydrogens is 381 g/mol. The van der Waals surface area contributed by atoms with Crippen molar-refractivity contribution in [2.45, 2.75) is 13.1 Å². The Morgan fingerprint density at radius 1 is 0.571 bits per heavy atom. The van der Waals surface area contributed by atoms with E-state index in [9.17, 15) is 0 Å². The summed E-state index contributed by atoms with van der Waals surface area (Å²) in [5.41, 5.74) is 2.22. The molecule has 0 aliphatic heterocycles. The first-order valence-electron chi connectivity index (χ1n) is 9.26. The van der Waals surface area contributed by atoms with Crippen LogP contribution < -0.4 is 28.3 Å². The Morgan fingerprint density at radius 3 is 1.39 bits per heavy atom. The molecule has 0 atom stereocenters. The summed E-state index contributed by atoms with van der Waals surface area (Å²) < 4.78 is 0. The predicted octanol–water partition coefficient (Wildman–Crippen LogP) is 1.89. The zero-order valence-corrected chi connectivity index (χ0v) is 17.5. The molecule has 1 heterocycles. The molecule has 0 aliphatic carbocycles. The smallest absolute Gasteiger partial charge is 0.118 e. The molecule has 1 nitrogen and oxygen atoms in total. The molecule has 3 heteroatoms. The fraction of sp³-hybridized carbons (Fsp3) is 0.0800. The third-order valence-corrected chi connectivity index (χ3v) is 9.27. The summed E-state index contributed by atoms with van der Waals surface area (Å²) in [7, 11) is -1.86. The van der Waals surface area contributed by atoms with Gasteiger partial charge in [-0.25, -0.2) is 0 Å². The summed E-state index contributed by atoms with van der Waals surface area (Å²) in [5.74, 6) is 0. The van der Waals surface area contributed by atoms with Gasteiger partial charge in [0.2, 0.25) is 0 Å². The molecule has 0 saturated heterocycles. The first-order valence-corrected chi connectivity index (χ1v) is 11.2. The van der Waals surface area contributed by atoms with E-state index in [0.29, 0.717) is 0 Å². The summed E-state index contributed by atoms with van der Waals surface area (Å²) >= 11 is 0. The molecule has 3 aromatic carbocycles. The fourth-order valence-corrected chi connectivity index (χ4v) is 7.85. The Hall–Kier alpha value is -2.47. The van der Waals surface area contributed by atoms with E-state index in [4.69, 9.17) is 4.98 Å². The van der Waals surface area contributed by atoms with Gasteiger partial charge < -0.3 is 12.4 Å². The van der Waals surface area contributed by atoms with Crippen LogP contribution in [0.5, 0.6) is 0 Å². The Bertz CT molecular complexity index is 907. The minimum absolute atomic E-state index is 0. The van der Waals surface area contributed by atoms with Crippen molar-refractivity contribution < 1.29 is 12.4 Å². The SMILES string of the molecule is Cc1cccc(C[P+](c2ccccc2)(c2ccccc2)c2ccccc2)n1.[Cl-]. The van der Waals surface area contributed by atoms with E-state index in [2.05, 4.69) is 116 Å². The zero-order valence-electron chi connectivity index (χ0n) is 15.9. The van der Waals surface area contributed by atoms with Crippen LogP contribution in [0.15, 0.2) is 109 Å². The molecule has 0 N–H and O–H groups in total. The molecule has 4 rings (SSSR count). The minimum Gasteiger partial charge on any atom is -1.00 e. The standard InChI is InChI=1S/C25H23NP.ClH/c1-21-12-11-13-22(26-21)20-27(23-14-5-2-6-15-23,24-16-7-3-8-17-24)25-18-9-4-10-19-25;/h2-19H,20H2,1H3;1H/q+1;/p-1. The number of hydrogen-bond donors (Lipinski definition) is 0. The molecule has 28 heavy (non-hydrogen) atoms. The maximum Gasteiger partial charge on any atom is 0.118 e. The van der Waals surface area contributed by atoms with Crippen LogP contribution in [-0.2, 0) is 6.16 Å². The van der Waals surface area contributed by atoms with Crippen molar-refractivity contribution in [3.63, 3.8) is 0 Å². The van der Waals surface area contributed by atoms with Gasteiger partial charge in [0.25, 0.3) is 0 Å². The summed E-state index contributed by atoms with van der Waals surface area (Å²) in [6.07, 6.45) is 0.923. The third kappa shape index (κ3) is 4.02. The van der Waals surface area contributed by atoms with Gasteiger partial charge >= 0.3 is 0 Å². The zero-order chi connectivity index (χ0) is 18.5. The van der Waals surface area contributed by atoms with Gasteiger partial charge in [0, 0.05) is 5.69 Å². The Morgan fingerprint density at radius 2 is 1.00 bits per heavy atom. The van der Waals surface area contributed by atoms with Gasteiger partial charge in [0.15, 0.2) is 0 Å². The Labute approximate surface area is 174 Å². The van der Waals surface area contributed by atoms with Crippen molar-refractivity contribution in [1.29, 1.82) is 0 Å². The lowest BCUT2D eigenvalue weighted by Gasteiger charge is -2.27. The van der Waals surface area contributed by atoms with Crippen molar-refractivity contribution in [1.82, 2.24) is 4.98 Å². The number of aromatic nitrogens is 1. The van der Waals surface area contributed by atoms with Gasteiger partial charge in [0.1, 0.15) is 29.3 Å². The average Bonchev–Trinajstić information content (AvgIpc) is 2.74. The van der Waals surface area contributed by atoms with Crippen LogP contribution in [0.4, 0.5) is 0 Å². The summed E-state index contributed by atoms with van der Waals surface area (Å²) in [6.45, 7) is 2.07. The highest BCUT2D eigenvalue weighted by Crippen LogP contribution is 2.57. The highest BCUT2D eigenvalue weighted by molar-refractivity contribution is 7.95. The molecule has 4 aromatic rings. The van der Waals surface area contributed by atoms with Gasteiger partial charge in [-0.05, 0) is 55.5 Å². The monoisotopic (exact) mass is 403 g/mol. The maximum atomic E-state index is 4.86. The number of benzene rings is 3. The van der Waals surface area contributed by atoms with E-state index in [1.54, 1.807) is 0 Å². The third-order valence-electron chi connectivity index (χ3n) is 4.94. The van der Waals surface area contributed by atoms with Crippen LogP contribution in [0.1, 0.15) is 11.4 Å². The number of aryl methyl sites for hydroxylation is 1. The van der Waals surface area contributed by atoms with Crippen molar-refractivity contribution in [3.8, 4) is 0 Å². The quantitative estimate of drug-likeness (QED) is 0.464. The van der Waals surface area contributed by atoms with Gasteiger partial charge in [-0.3, -0.25) is 4.98 Å². The van der Waals surface area contributed by atoms with E-state index in [-0.39, 0.29) is 12.4 Å². The molecule has 0 saturated carbocycles. The summed E-state index contributed by atoms with van der Waals surface area (Å²) in [4.78, 5) is 4.86. The molecular formula is C25H23ClNP. The van der Waals surface area contributed by atoms with Gasteiger partial charge in [-0.1, -0.05) is 60.7 Å². The second-order valence-electron chi connectivity index (χ2n) is 6.74. The highest BCUT2D eigenvalue weighted by Gasteiger charge is 2.45. The lowest BCUT2D eigenvalue weighted by atomic mass is 10.3. The van der Waals surface area contributed by atoms with Gasteiger partial charge in [-0.2, -0.15) is 0 Å². The average molecular weight is 404 g/mol. The van der Waals surface area contributed by atoms with E-state index < -0.39 is 7.26 Å². The highest BCUT2D eigenvalue weighted by atomic mass is 35.5. The van der Waals surface area contributed by atoms with Crippen molar-refractivity contribution in [2.75, 3.05) is 0 Å². The second-order valence-corrected chi connectivity index (χ2v) is 10.2. The van der Waals surface area contributed by atoms with Gasteiger partial charge in [0.05, 0.1) is 5.69 Å². The molecule has 0 spiro atoms. The van der Waals surface area contributed by atoms with Crippen molar-refractivity contribution in [2.24, 2.45) is 0 Å². The molecule has 0 radical (unpaired) electrons. The number of rotatable bonds is 5. The van der Waals surface area contributed by atoms with E-state index >= 15 is 0 Å². The Kier molecular flexibility index (Phi) is 6.62. The second kappa shape index (κ2) is 9.15. The predicted molar refractivity (Wildman–Crippen MR) is 118 cm³/mol. The number of pyridine rings is 1. The topological polar surface area (TPSA) is 12.9 Å². The van der Waals surface area contributed by atoms with Crippen LogP contribution >= 0.6 is 7.26 Å². The van der Waals surface area contributed by atoms with E-state index in [0.717, 1.165) is 17.5 Å². The van der Waals surface area contributed by atoms with Crippen LogP contribution in [-0.4, -0.2) is 4.98 Å². The lowest BCUT2D eigenvalue weighted by Crippen LogP contribution is -3.00. The van der Waals surface area contributed by atoms with Crippen LogP contribution in [0.2, 0.25) is 0 Å². The number of halogens is 1. The van der Waals surface area contributed by atoms with Crippen LogP contribution in [0, 0.1) is 6.92 Å². The maximum absolute atomic E-state index is 4.86. The van der Waals surface area contributed by atoms with Crippen LogP contribution in [0.25, 0.3) is 0 Å². The van der Waals surface area contributed by atoms with E-state index in [1.807, 2.05) is 0 Å². The Balaban J connectivity index is 0.00000225. The number of nitrogens with zero attached hydrogens (tertiary/aromatic N) is 1. The van der Waals surface area contributed by atoms with Crippen molar-refractivity contribution >= 4 is 23.2 Å². The first-order chi connectivity index (χ1) is 13.3. The molecule has 0 bridgehead atoms. The molecule has 0 fully saturated rings. The molecule has 0 unspecified atom stereocenters. The van der Waals surface area contributed by atoms with E-state index in [1.165, 1.54) is 15.9 Å². The normalized spacial score (nSPS) is 10.9. The molecule has 1 aromatic heterocycles. The summed E-state index contributed by atoms with van der Waals surface area (Å²) in [5, 5.41) is 4.18. The fourth-order valence-electron chi connectivity index (χ4n) is 3.70. The van der Waals surface area contributed by atoms with Crippen molar-refractivity contribution in [3.05, 3.63) is 121 Å². The number of hydrogen-bond acceptors (Lipinski definition) is 1. The minimum atomic E-state index is -1.86. The molecule has 0 aliphatic rings. The molecule has 140 valence electrons. The lowest BCUT2D eigenvalue weighted by molar-refractivity contribution is -0.00000547.